The second-order valence-electron chi connectivity index (χ2n) is 6.43. The fourth-order valence-corrected chi connectivity index (χ4v) is 4.35. The van der Waals surface area contributed by atoms with E-state index >= 15 is 0 Å². The summed E-state index contributed by atoms with van der Waals surface area (Å²) in [6.45, 7) is 1.93. The normalized spacial score (nSPS) is 15.5. The van der Waals surface area contributed by atoms with Gasteiger partial charge in [0.05, 0.1) is 11.4 Å². The molecular weight excluding hydrogens is 409 g/mol. The Morgan fingerprint density at radius 2 is 1.83 bits per heavy atom. The highest BCUT2D eigenvalue weighted by Gasteiger charge is 2.35. The zero-order chi connectivity index (χ0) is 20.4. The summed E-state index contributed by atoms with van der Waals surface area (Å²) in [5.41, 5.74) is 1.48. The number of furan rings is 1. The predicted molar refractivity (Wildman–Crippen MR) is 112 cm³/mol. The largest absolute Gasteiger partial charge is 0.450 e. The van der Waals surface area contributed by atoms with Gasteiger partial charge < -0.3 is 4.42 Å². The number of carbonyl (C=O) groups is 2. The SMILES string of the molecule is Cc1ccc(Sc2ccc(/C=C3\SC(=O)N(Cc4ccccc4F)C3=O)o2)cc1. The molecule has 0 atom stereocenters. The van der Waals surface area contributed by atoms with Crippen molar-refractivity contribution in [1.29, 1.82) is 0 Å². The average molecular weight is 426 g/mol. The molecule has 2 amide bonds. The number of halogens is 1. The Balaban J connectivity index is 1.48. The maximum atomic E-state index is 13.9. The summed E-state index contributed by atoms with van der Waals surface area (Å²) in [5.74, 6) is -0.414. The van der Waals surface area contributed by atoms with E-state index in [1.807, 2.05) is 37.3 Å². The molecule has 2 heterocycles. The Morgan fingerprint density at radius 3 is 2.59 bits per heavy atom. The van der Waals surface area contributed by atoms with Crippen molar-refractivity contribution in [3.8, 4) is 0 Å². The fourth-order valence-electron chi connectivity index (χ4n) is 2.75. The molecule has 4 rings (SSSR count). The van der Waals surface area contributed by atoms with Gasteiger partial charge in [-0.15, -0.1) is 0 Å². The summed E-state index contributed by atoms with van der Waals surface area (Å²) >= 11 is 2.30. The quantitative estimate of drug-likeness (QED) is 0.461. The van der Waals surface area contributed by atoms with Crippen LogP contribution in [0.2, 0.25) is 0 Å². The Hall–Kier alpha value is -2.77. The Bertz CT molecular complexity index is 1110. The molecule has 3 aromatic rings. The third kappa shape index (κ3) is 4.46. The van der Waals surface area contributed by atoms with Crippen LogP contribution in [0.15, 0.2) is 80.0 Å². The molecule has 7 heteroatoms. The molecule has 0 aliphatic carbocycles. The Morgan fingerprint density at radius 1 is 1.07 bits per heavy atom. The van der Waals surface area contributed by atoms with Gasteiger partial charge in [-0.25, -0.2) is 4.39 Å². The number of nitrogens with zero attached hydrogens (tertiary/aromatic N) is 1. The van der Waals surface area contributed by atoms with E-state index in [-0.39, 0.29) is 11.4 Å². The second kappa shape index (κ2) is 8.31. The van der Waals surface area contributed by atoms with Crippen LogP contribution in [0.1, 0.15) is 16.9 Å². The summed E-state index contributed by atoms with van der Waals surface area (Å²) in [4.78, 5) is 27.2. The van der Waals surface area contributed by atoms with Crippen LogP contribution >= 0.6 is 23.5 Å². The first kappa shape index (κ1) is 19.5. The topological polar surface area (TPSA) is 50.5 Å². The van der Waals surface area contributed by atoms with Crippen molar-refractivity contribution in [2.45, 2.75) is 23.5 Å². The van der Waals surface area contributed by atoms with Crippen molar-refractivity contribution in [3.05, 3.63) is 88.3 Å². The maximum Gasteiger partial charge on any atom is 0.293 e. The number of rotatable bonds is 5. The van der Waals surface area contributed by atoms with Gasteiger partial charge in [0.1, 0.15) is 11.6 Å². The monoisotopic (exact) mass is 425 g/mol. The second-order valence-corrected chi connectivity index (χ2v) is 8.50. The highest BCUT2D eigenvalue weighted by atomic mass is 32.2. The van der Waals surface area contributed by atoms with Crippen molar-refractivity contribution in [2.75, 3.05) is 0 Å². The van der Waals surface area contributed by atoms with Crippen LogP contribution in [0.3, 0.4) is 0 Å². The molecule has 1 aromatic heterocycles. The van der Waals surface area contributed by atoms with Crippen LogP contribution in [0.5, 0.6) is 0 Å². The lowest BCUT2D eigenvalue weighted by Gasteiger charge is -2.12. The van der Waals surface area contributed by atoms with E-state index < -0.39 is 17.0 Å². The highest BCUT2D eigenvalue weighted by Crippen LogP contribution is 2.35. The minimum absolute atomic E-state index is 0.0959. The zero-order valence-corrected chi connectivity index (χ0v) is 17.1. The summed E-state index contributed by atoms with van der Waals surface area (Å²) in [5, 5.41) is 0.260. The van der Waals surface area contributed by atoms with Crippen molar-refractivity contribution < 1.29 is 18.4 Å². The molecule has 2 aromatic carbocycles. The lowest BCUT2D eigenvalue weighted by molar-refractivity contribution is -0.123. The number of imide groups is 1. The van der Waals surface area contributed by atoms with E-state index in [9.17, 15) is 14.0 Å². The van der Waals surface area contributed by atoms with Crippen molar-refractivity contribution >= 4 is 40.7 Å². The first-order valence-corrected chi connectivity index (χ1v) is 10.5. The lowest BCUT2D eigenvalue weighted by atomic mass is 10.2. The predicted octanol–water partition coefficient (Wildman–Crippen LogP) is 6.11. The van der Waals surface area contributed by atoms with Crippen LogP contribution in [0, 0.1) is 12.7 Å². The van der Waals surface area contributed by atoms with Crippen molar-refractivity contribution in [3.63, 3.8) is 0 Å². The van der Waals surface area contributed by atoms with E-state index in [2.05, 4.69) is 0 Å². The molecule has 0 unspecified atom stereocenters. The van der Waals surface area contributed by atoms with E-state index in [0.717, 1.165) is 21.6 Å². The van der Waals surface area contributed by atoms with Gasteiger partial charge in [-0.3, -0.25) is 14.5 Å². The fraction of sp³-hybridized carbons (Fsp3) is 0.0909. The molecule has 0 spiro atoms. The molecule has 146 valence electrons. The number of benzene rings is 2. The van der Waals surface area contributed by atoms with Gasteiger partial charge in [-0.05, 0) is 49.0 Å². The average Bonchev–Trinajstić information content (AvgIpc) is 3.25. The molecule has 1 fully saturated rings. The van der Waals surface area contributed by atoms with E-state index in [1.165, 1.54) is 23.4 Å². The number of amides is 2. The number of hydrogen-bond acceptors (Lipinski definition) is 5. The number of thioether (sulfide) groups is 1. The van der Waals surface area contributed by atoms with Crippen LogP contribution in [0.4, 0.5) is 9.18 Å². The molecule has 1 aliphatic rings. The van der Waals surface area contributed by atoms with Gasteiger partial charge in [-0.1, -0.05) is 47.7 Å². The van der Waals surface area contributed by atoms with Gasteiger partial charge in [0.25, 0.3) is 11.1 Å². The molecule has 4 nitrogen and oxygen atoms in total. The maximum absolute atomic E-state index is 13.9. The van der Waals surface area contributed by atoms with Crippen LogP contribution in [-0.2, 0) is 11.3 Å². The first-order chi connectivity index (χ1) is 14.0. The highest BCUT2D eigenvalue weighted by molar-refractivity contribution is 8.18. The van der Waals surface area contributed by atoms with E-state index in [4.69, 9.17) is 4.42 Å². The molecule has 1 aliphatic heterocycles. The Kier molecular flexibility index (Phi) is 5.60. The molecule has 0 bridgehead atoms. The third-order valence-corrected chi connectivity index (χ3v) is 6.11. The minimum atomic E-state index is -0.451. The summed E-state index contributed by atoms with van der Waals surface area (Å²) in [6, 6.07) is 17.7. The molecular formula is C22H16FNO3S2. The van der Waals surface area contributed by atoms with Crippen molar-refractivity contribution in [2.24, 2.45) is 0 Å². The summed E-state index contributed by atoms with van der Waals surface area (Å²) in [6.07, 6.45) is 1.55. The van der Waals surface area contributed by atoms with Crippen LogP contribution < -0.4 is 0 Å². The summed E-state index contributed by atoms with van der Waals surface area (Å²) < 4.78 is 19.6. The van der Waals surface area contributed by atoms with E-state index in [0.29, 0.717) is 16.4 Å². The van der Waals surface area contributed by atoms with Gasteiger partial charge >= 0.3 is 0 Å². The zero-order valence-electron chi connectivity index (χ0n) is 15.4. The van der Waals surface area contributed by atoms with Crippen LogP contribution in [0.25, 0.3) is 6.08 Å². The molecule has 0 saturated carbocycles. The molecule has 1 saturated heterocycles. The first-order valence-electron chi connectivity index (χ1n) is 8.83. The van der Waals surface area contributed by atoms with E-state index in [1.54, 1.807) is 30.3 Å². The number of aryl methyl sites for hydroxylation is 1. The molecule has 0 N–H and O–H groups in total. The third-order valence-electron chi connectivity index (χ3n) is 4.27. The smallest absolute Gasteiger partial charge is 0.293 e. The van der Waals surface area contributed by atoms with Crippen molar-refractivity contribution in [1.82, 2.24) is 4.90 Å². The molecule has 29 heavy (non-hydrogen) atoms. The van der Waals surface area contributed by atoms with Crippen LogP contribution in [-0.4, -0.2) is 16.0 Å². The minimum Gasteiger partial charge on any atom is -0.450 e. The Labute approximate surface area is 175 Å². The number of carbonyl (C=O) groups excluding carboxylic acids is 2. The summed E-state index contributed by atoms with van der Waals surface area (Å²) in [7, 11) is 0. The van der Waals surface area contributed by atoms with Gasteiger partial charge in [0.2, 0.25) is 0 Å². The lowest BCUT2D eigenvalue weighted by Crippen LogP contribution is -2.27. The van der Waals surface area contributed by atoms with Gasteiger partial charge in [0, 0.05) is 16.5 Å². The molecule has 0 radical (unpaired) electrons. The van der Waals surface area contributed by atoms with Gasteiger partial charge in [-0.2, -0.15) is 0 Å². The number of hydrogen-bond donors (Lipinski definition) is 0. The van der Waals surface area contributed by atoms with Gasteiger partial charge in [0.15, 0.2) is 5.09 Å². The standard InChI is InChI=1S/C22H16FNO3S2/c1-14-6-9-17(10-7-14)28-20-11-8-16(27-20)12-19-21(25)24(22(26)29-19)13-15-4-2-3-5-18(15)23/h2-12H,13H2,1H3/b19-12-.